The SMILES string of the molecule is CCOC(=O)c1c(-c2ccccc2)csc1NC(=O)CSc1nnc(COc2ccc(Br)cc2)n1C. The molecule has 2 aromatic heterocycles. The molecule has 186 valence electrons. The first-order valence-electron chi connectivity index (χ1n) is 11.0. The molecule has 0 saturated carbocycles. The first kappa shape index (κ1) is 25.9. The molecule has 11 heteroatoms. The van der Waals surface area contributed by atoms with E-state index in [1.54, 1.807) is 11.5 Å². The molecule has 8 nitrogen and oxygen atoms in total. The number of aromatic nitrogens is 3. The van der Waals surface area contributed by atoms with Crippen molar-refractivity contribution in [3.8, 4) is 16.9 Å². The van der Waals surface area contributed by atoms with Crippen molar-refractivity contribution in [3.05, 3.63) is 75.8 Å². The number of ether oxygens (including phenoxy) is 2. The summed E-state index contributed by atoms with van der Waals surface area (Å²) in [6, 6.07) is 17.1. The van der Waals surface area contributed by atoms with E-state index >= 15 is 0 Å². The van der Waals surface area contributed by atoms with Crippen molar-refractivity contribution in [3.63, 3.8) is 0 Å². The van der Waals surface area contributed by atoms with Crippen LogP contribution < -0.4 is 10.1 Å². The van der Waals surface area contributed by atoms with Crippen molar-refractivity contribution in [2.24, 2.45) is 7.05 Å². The third-order valence-corrected chi connectivity index (χ3v) is 7.49. The standard InChI is InChI=1S/C25H23BrN4O4S2/c1-3-33-24(32)22-19(16-7-5-4-6-8-16)14-35-23(22)27-21(31)15-36-25-29-28-20(30(25)2)13-34-18-11-9-17(26)10-12-18/h4-12,14H,3,13,15H2,1-2H3,(H,27,31). The Balaban J connectivity index is 1.39. The Kier molecular flexibility index (Phi) is 8.79. The van der Waals surface area contributed by atoms with Crippen LogP contribution in [0, 0.1) is 0 Å². The fourth-order valence-electron chi connectivity index (χ4n) is 3.25. The molecule has 4 rings (SSSR count). The van der Waals surface area contributed by atoms with Crippen LogP contribution in [0.2, 0.25) is 0 Å². The van der Waals surface area contributed by atoms with Gasteiger partial charge in [-0.3, -0.25) is 4.79 Å². The molecule has 0 saturated heterocycles. The summed E-state index contributed by atoms with van der Waals surface area (Å²) >= 11 is 5.94. The number of nitrogens with zero attached hydrogens (tertiary/aromatic N) is 3. The first-order chi connectivity index (χ1) is 17.5. The molecule has 0 radical (unpaired) electrons. The fourth-order valence-corrected chi connectivity index (χ4v) is 5.22. The Morgan fingerprint density at radius 2 is 1.86 bits per heavy atom. The predicted octanol–water partition coefficient (Wildman–Crippen LogP) is 5.79. The molecule has 0 spiro atoms. The summed E-state index contributed by atoms with van der Waals surface area (Å²) in [5.74, 6) is 0.724. The van der Waals surface area contributed by atoms with Crippen molar-refractivity contribution >= 4 is 55.9 Å². The minimum absolute atomic E-state index is 0.0976. The number of hydrogen-bond donors (Lipinski definition) is 1. The lowest BCUT2D eigenvalue weighted by Crippen LogP contribution is -2.16. The Morgan fingerprint density at radius 3 is 2.58 bits per heavy atom. The van der Waals surface area contributed by atoms with E-state index in [1.165, 1.54) is 23.1 Å². The largest absolute Gasteiger partial charge is 0.486 e. The molecule has 36 heavy (non-hydrogen) atoms. The number of carbonyl (C=O) groups is 2. The van der Waals surface area contributed by atoms with Crippen LogP contribution in [0.4, 0.5) is 5.00 Å². The van der Waals surface area contributed by atoms with Gasteiger partial charge in [0, 0.05) is 22.5 Å². The minimum atomic E-state index is -0.468. The van der Waals surface area contributed by atoms with E-state index in [0.29, 0.717) is 21.5 Å². The highest BCUT2D eigenvalue weighted by molar-refractivity contribution is 9.10. The van der Waals surface area contributed by atoms with Crippen LogP contribution in [0.15, 0.2) is 69.6 Å². The van der Waals surface area contributed by atoms with Crippen LogP contribution in [0.5, 0.6) is 5.75 Å². The number of esters is 1. The Morgan fingerprint density at radius 1 is 1.11 bits per heavy atom. The minimum Gasteiger partial charge on any atom is -0.486 e. The highest BCUT2D eigenvalue weighted by Crippen LogP contribution is 2.36. The highest BCUT2D eigenvalue weighted by atomic mass is 79.9. The van der Waals surface area contributed by atoms with Crippen molar-refractivity contribution in [2.45, 2.75) is 18.7 Å². The van der Waals surface area contributed by atoms with Crippen LogP contribution >= 0.6 is 39.0 Å². The van der Waals surface area contributed by atoms with Gasteiger partial charge in [0.2, 0.25) is 5.91 Å². The summed E-state index contributed by atoms with van der Waals surface area (Å²) in [6.45, 7) is 2.24. The summed E-state index contributed by atoms with van der Waals surface area (Å²) in [4.78, 5) is 25.5. The summed E-state index contributed by atoms with van der Waals surface area (Å²) in [5, 5.41) is 14.1. The smallest absolute Gasteiger partial charge is 0.341 e. The van der Waals surface area contributed by atoms with Gasteiger partial charge < -0.3 is 19.4 Å². The summed E-state index contributed by atoms with van der Waals surface area (Å²) in [7, 11) is 1.82. The zero-order valence-electron chi connectivity index (χ0n) is 19.6. The van der Waals surface area contributed by atoms with Gasteiger partial charge in [-0.05, 0) is 36.8 Å². The maximum Gasteiger partial charge on any atom is 0.341 e. The monoisotopic (exact) mass is 586 g/mol. The molecule has 2 aromatic carbocycles. The molecule has 0 atom stereocenters. The van der Waals surface area contributed by atoms with Crippen molar-refractivity contribution < 1.29 is 19.1 Å². The van der Waals surface area contributed by atoms with Gasteiger partial charge in [0.15, 0.2) is 11.0 Å². The molecule has 1 N–H and O–H groups in total. The summed E-state index contributed by atoms with van der Waals surface area (Å²) in [6.07, 6.45) is 0. The van der Waals surface area contributed by atoms with E-state index in [1.807, 2.05) is 67.0 Å². The second kappa shape index (κ2) is 12.2. The van der Waals surface area contributed by atoms with E-state index in [2.05, 4.69) is 31.4 Å². The zero-order chi connectivity index (χ0) is 25.5. The van der Waals surface area contributed by atoms with Crippen LogP contribution in [-0.4, -0.2) is 39.0 Å². The van der Waals surface area contributed by atoms with Crippen molar-refractivity contribution in [2.75, 3.05) is 17.7 Å². The Bertz CT molecular complexity index is 1340. The molecular formula is C25H23BrN4O4S2. The Labute approximate surface area is 225 Å². The van der Waals surface area contributed by atoms with E-state index in [-0.39, 0.29) is 24.9 Å². The Hall–Kier alpha value is -3.15. The topological polar surface area (TPSA) is 95.3 Å². The second-order valence-corrected chi connectivity index (χ2v) is 10.2. The third kappa shape index (κ3) is 6.34. The van der Waals surface area contributed by atoms with Gasteiger partial charge >= 0.3 is 5.97 Å². The summed E-state index contributed by atoms with van der Waals surface area (Å²) < 4.78 is 13.8. The number of thioether (sulfide) groups is 1. The number of thiophene rings is 1. The molecule has 0 unspecified atom stereocenters. The lowest BCUT2D eigenvalue weighted by molar-refractivity contribution is -0.113. The van der Waals surface area contributed by atoms with Gasteiger partial charge in [0.1, 0.15) is 22.9 Å². The average molecular weight is 588 g/mol. The normalized spacial score (nSPS) is 10.8. The maximum absolute atomic E-state index is 12.8. The molecule has 0 bridgehead atoms. The number of anilines is 1. The fraction of sp³-hybridized carbons (Fsp3) is 0.200. The number of carbonyl (C=O) groups excluding carboxylic acids is 2. The quantitative estimate of drug-likeness (QED) is 0.185. The second-order valence-electron chi connectivity index (χ2n) is 7.48. The van der Waals surface area contributed by atoms with E-state index in [9.17, 15) is 9.59 Å². The molecule has 0 aliphatic heterocycles. The number of halogens is 1. The van der Waals surface area contributed by atoms with E-state index < -0.39 is 5.97 Å². The summed E-state index contributed by atoms with van der Waals surface area (Å²) in [5.41, 5.74) is 1.96. The molecule has 1 amide bonds. The lowest BCUT2D eigenvalue weighted by atomic mass is 10.0. The van der Waals surface area contributed by atoms with Gasteiger partial charge in [-0.1, -0.05) is 58.0 Å². The predicted molar refractivity (Wildman–Crippen MR) is 145 cm³/mol. The maximum atomic E-state index is 12.8. The highest BCUT2D eigenvalue weighted by Gasteiger charge is 2.23. The number of benzene rings is 2. The third-order valence-electron chi connectivity index (χ3n) is 5.05. The molecule has 0 aliphatic carbocycles. The van der Waals surface area contributed by atoms with Gasteiger partial charge in [0.25, 0.3) is 0 Å². The number of nitrogens with one attached hydrogen (secondary N) is 1. The van der Waals surface area contributed by atoms with Crippen molar-refractivity contribution in [1.29, 1.82) is 0 Å². The van der Waals surface area contributed by atoms with Crippen LogP contribution in [0.3, 0.4) is 0 Å². The zero-order valence-corrected chi connectivity index (χ0v) is 22.8. The molecule has 2 heterocycles. The molecular weight excluding hydrogens is 564 g/mol. The van der Waals surface area contributed by atoms with Crippen molar-refractivity contribution in [1.82, 2.24) is 14.8 Å². The molecule has 0 fully saturated rings. The average Bonchev–Trinajstić information content (AvgIpc) is 3.46. The van der Waals surface area contributed by atoms with Crippen LogP contribution in [0.1, 0.15) is 23.1 Å². The van der Waals surface area contributed by atoms with Gasteiger partial charge in [0.05, 0.1) is 12.4 Å². The lowest BCUT2D eigenvalue weighted by Gasteiger charge is -2.09. The molecule has 4 aromatic rings. The van der Waals surface area contributed by atoms with Gasteiger partial charge in [-0.25, -0.2) is 4.79 Å². The first-order valence-corrected chi connectivity index (χ1v) is 13.7. The number of rotatable bonds is 10. The van der Waals surface area contributed by atoms with E-state index in [0.717, 1.165) is 21.3 Å². The van der Waals surface area contributed by atoms with Crippen LogP contribution in [0.25, 0.3) is 11.1 Å². The molecule has 0 aliphatic rings. The van der Waals surface area contributed by atoms with Gasteiger partial charge in [-0.2, -0.15) is 0 Å². The number of amides is 1. The van der Waals surface area contributed by atoms with Gasteiger partial charge in [-0.15, -0.1) is 21.5 Å². The van der Waals surface area contributed by atoms with Crippen LogP contribution in [-0.2, 0) is 23.2 Å². The van der Waals surface area contributed by atoms with E-state index in [4.69, 9.17) is 9.47 Å². The number of hydrogen-bond acceptors (Lipinski definition) is 8.